The molecule has 0 aliphatic rings. The van der Waals surface area contributed by atoms with E-state index in [-0.39, 0.29) is 12.6 Å². The summed E-state index contributed by atoms with van der Waals surface area (Å²) in [6.07, 6.45) is 11.6. The van der Waals surface area contributed by atoms with Crippen molar-refractivity contribution in [3.8, 4) is 0 Å². The maximum absolute atomic E-state index is 11.8. The van der Waals surface area contributed by atoms with Crippen LogP contribution < -0.4 is 0 Å². The van der Waals surface area contributed by atoms with Crippen molar-refractivity contribution >= 4 is 5.97 Å². The fourth-order valence-electron chi connectivity index (χ4n) is 4.75. The highest BCUT2D eigenvalue weighted by molar-refractivity contribution is 5.69. The highest BCUT2D eigenvalue weighted by Gasteiger charge is 2.03. The Morgan fingerprint density at radius 3 is 0.737 bits per heavy atom. The van der Waals surface area contributed by atoms with E-state index in [2.05, 4.69) is 6.92 Å². The summed E-state index contributed by atoms with van der Waals surface area (Å²) in [4.78, 5) is 11.8. The van der Waals surface area contributed by atoms with E-state index < -0.39 is 0 Å². The maximum Gasteiger partial charge on any atom is 0.305 e. The zero-order valence-corrected chi connectivity index (χ0v) is 35.9. The van der Waals surface area contributed by atoms with E-state index in [1.165, 1.54) is 44.9 Å². The van der Waals surface area contributed by atoms with Gasteiger partial charge in [-0.25, -0.2) is 0 Å². The largest absolute Gasteiger partial charge is 0.463 e. The first kappa shape index (κ1) is 55.9. The molecule has 0 bridgehead atoms. The standard InChI is InChI=1S/C41H82O16/c1-3-4-5-6-7-8-9-10-11-12-41(42)57-40-39-56-38-37-55-36-35-54-34-33-53-32-31-52-30-29-51-28-27-50-26-25-49-24-23-48-22-21-47-20-19-46-18-17-45-16-15-44-14-13-43-2/h3-40H2,1-2H3. The van der Waals surface area contributed by atoms with Gasteiger partial charge in [0.15, 0.2) is 0 Å². The number of ether oxygens (including phenoxy) is 15. The van der Waals surface area contributed by atoms with Crippen molar-refractivity contribution in [2.24, 2.45) is 0 Å². The summed E-state index contributed by atoms with van der Waals surface area (Å²) >= 11 is 0. The Labute approximate surface area is 344 Å². The zero-order chi connectivity index (χ0) is 41.1. The molecule has 0 unspecified atom stereocenters. The highest BCUT2D eigenvalue weighted by atomic mass is 16.6. The minimum atomic E-state index is -0.139. The molecule has 0 aromatic carbocycles. The Balaban J connectivity index is 3.10. The van der Waals surface area contributed by atoms with Crippen LogP contribution in [0.4, 0.5) is 0 Å². The summed E-state index contributed by atoms with van der Waals surface area (Å²) in [7, 11) is 1.64. The van der Waals surface area contributed by atoms with Crippen molar-refractivity contribution in [2.75, 3.05) is 192 Å². The Hall–Kier alpha value is -1.09. The van der Waals surface area contributed by atoms with Crippen LogP contribution in [0.2, 0.25) is 0 Å². The highest BCUT2D eigenvalue weighted by Crippen LogP contribution is 2.10. The number of unbranched alkanes of at least 4 members (excludes halogenated alkanes) is 8. The average Bonchev–Trinajstić information content (AvgIpc) is 3.22. The molecule has 0 amide bonds. The van der Waals surface area contributed by atoms with Gasteiger partial charge in [-0.1, -0.05) is 58.3 Å². The van der Waals surface area contributed by atoms with E-state index in [1.54, 1.807) is 7.11 Å². The van der Waals surface area contributed by atoms with Crippen LogP contribution in [0.3, 0.4) is 0 Å². The molecule has 0 radical (unpaired) electrons. The number of methoxy groups -OCH3 is 1. The van der Waals surface area contributed by atoms with Crippen molar-refractivity contribution in [2.45, 2.75) is 71.1 Å². The lowest BCUT2D eigenvalue weighted by Crippen LogP contribution is -2.16. The van der Waals surface area contributed by atoms with E-state index in [0.29, 0.717) is 185 Å². The molecule has 0 saturated carbocycles. The monoisotopic (exact) mass is 831 g/mol. The number of hydrogen-bond acceptors (Lipinski definition) is 16. The van der Waals surface area contributed by atoms with Gasteiger partial charge in [-0.3, -0.25) is 4.79 Å². The van der Waals surface area contributed by atoms with Crippen LogP contribution in [0.5, 0.6) is 0 Å². The molecule has 342 valence electrons. The van der Waals surface area contributed by atoms with Gasteiger partial charge in [0.2, 0.25) is 0 Å². The minimum Gasteiger partial charge on any atom is -0.463 e. The molecule has 0 rings (SSSR count). The summed E-state index contributed by atoms with van der Waals surface area (Å²) in [5, 5.41) is 0. The van der Waals surface area contributed by atoms with Crippen LogP contribution in [0, 0.1) is 0 Å². The van der Waals surface area contributed by atoms with E-state index in [1.807, 2.05) is 0 Å². The van der Waals surface area contributed by atoms with Crippen LogP contribution in [-0.4, -0.2) is 198 Å². The third-order valence-corrected chi connectivity index (χ3v) is 7.87. The lowest BCUT2D eigenvalue weighted by molar-refractivity contribution is -0.145. The molecule has 0 heterocycles. The van der Waals surface area contributed by atoms with Crippen molar-refractivity contribution < 1.29 is 75.8 Å². The molecular weight excluding hydrogens is 748 g/mol. The molecule has 0 N–H and O–H groups in total. The van der Waals surface area contributed by atoms with E-state index in [0.717, 1.165) is 12.8 Å². The number of esters is 1. The van der Waals surface area contributed by atoms with Gasteiger partial charge in [0.05, 0.1) is 178 Å². The molecule has 0 spiro atoms. The second-order valence-corrected chi connectivity index (χ2v) is 12.8. The van der Waals surface area contributed by atoms with Crippen LogP contribution in [0.25, 0.3) is 0 Å². The van der Waals surface area contributed by atoms with E-state index >= 15 is 0 Å². The van der Waals surface area contributed by atoms with Crippen molar-refractivity contribution in [3.63, 3.8) is 0 Å². The predicted octanol–water partition coefficient (Wildman–Crippen LogP) is 4.31. The van der Waals surface area contributed by atoms with Gasteiger partial charge in [0.1, 0.15) is 6.61 Å². The lowest BCUT2D eigenvalue weighted by Gasteiger charge is -2.09. The summed E-state index contributed by atoms with van der Waals surface area (Å²) in [6.45, 7) is 16.1. The Morgan fingerprint density at radius 1 is 0.281 bits per heavy atom. The second-order valence-electron chi connectivity index (χ2n) is 12.8. The molecule has 16 heteroatoms. The van der Waals surface area contributed by atoms with Gasteiger partial charge in [0.25, 0.3) is 0 Å². The van der Waals surface area contributed by atoms with Crippen molar-refractivity contribution in [3.05, 3.63) is 0 Å². The normalized spacial score (nSPS) is 11.5. The summed E-state index contributed by atoms with van der Waals surface area (Å²) in [5.74, 6) is -0.139. The number of rotatable bonds is 52. The Kier molecular flexibility index (Phi) is 51.9. The molecule has 16 nitrogen and oxygen atoms in total. The average molecular weight is 831 g/mol. The van der Waals surface area contributed by atoms with E-state index in [9.17, 15) is 4.79 Å². The van der Waals surface area contributed by atoms with Crippen LogP contribution in [-0.2, 0) is 75.8 Å². The fraction of sp³-hybridized carbons (Fsp3) is 0.976. The Morgan fingerprint density at radius 2 is 0.491 bits per heavy atom. The number of carbonyl (C=O) groups excluding carboxylic acids is 1. The van der Waals surface area contributed by atoms with Crippen molar-refractivity contribution in [1.82, 2.24) is 0 Å². The maximum atomic E-state index is 11.8. The van der Waals surface area contributed by atoms with Crippen LogP contribution in [0.1, 0.15) is 71.1 Å². The van der Waals surface area contributed by atoms with Crippen molar-refractivity contribution in [1.29, 1.82) is 0 Å². The fourth-order valence-corrected chi connectivity index (χ4v) is 4.75. The molecule has 0 aliphatic heterocycles. The van der Waals surface area contributed by atoms with Gasteiger partial charge in [0, 0.05) is 13.5 Å². The summed E-state index contributed by atoms with van der Waals surface area (Å²) in [6, 6.07) is 0. The van der Waals surface area contributed by atoms with Gasteiger partial charge in [-0.2, -0.15) is 0 Å². The third kappa shape index (κ3) is 52.9. The van der Waals surface area contributed by atoms with Gasteiger partial charge >= 0.3 is 5.97 Å². The zero-order valence-electron chi connectivity index (χ0n) is 35.9. The van der Waals surface area contributed by atoms with Gasteiger partial charge < -0.3 is 71.1 Å². The second kappa shape index (κ2) is 52.9. The lowest BCUT2D eigenvalue weighted by atomic mass is 10.1. The third-order valence-electron chi connectivity index (χ3n) is 7.87. The molecular formula is C41H82O16. The van der Waals surface area contributed by atoms with Crippen LogP contribution in [0.15, 0.2) is 0 Å². The van der Waals surface area contributed by atoms with Crippen LogP contribution >= 0.6 is 0 Å². The summed E-state index contributed by atoms with van der Waals surface area (Å²) < 4.78 is 81.2. The molecule has 0 aromatic rings. The first-order valence-corrected chi connectivity index (χ1v) is 21.5. The SMILES string of the molecule is CCCCCCCCCCCC(=O)OCCOCCOCCOCCOCCOCCOCCOCCOCCOCCOCCOCCOCCOCCOC. The molecule has 0 fully saturated rings. The smallest absolute Gasteiger partial charge is 0.305 e. The predicted molar refractivity (Wildman–Crippen MR) is 215 cm³/mol. The number of hydrogen-bond donors (Lipinski definition) is 0. The Bertz CT molecular complexity index is 739. The minimum absolute atomic E-state index is 0.139. The molecule has 0 atom stereocenters. The quantitative estimate of drug-likeness (QED) is 0.0631. The topological polar surface area (TPSA) is 156 Å². The summed E-state index contributed by atoms with van der Waals surface area (Å²) in [5.41, 5.74) is 0. The molecule has 0 saturated heterocycles. The number of carbonyl (C=O) groups is 1. The van der Waals surface area contributed by atoms with Gasteiger partial charge in [-0.15, -0.1) is 0 Å². The first-order valence-electron chi connectivity index (χ1n) is 21.5. The molecule has 57 heavy (non-hydrogen) atoms. The van der Waals surface area contributed by atoms with Gasteiger partial charge in [-0.05, 0) is 6.42 Å². The molecule has 0 aliphatic carbocycles. The first-order chi connectivity index (χ1) is 28.3. The van der Waals surface area contributed by atoms with E-state index in [4.69, 9.17) is 71.1 Å². The molecule has 0 aromatic heterocycles.